The Kier molecular flexibility index (Phi) is 10.3. The molecule has 0 aliphatic carbocycles. The maximum absolute atomic E-state index is 15.8. The smallest absolute Gasteiger partial charge is 0.308 e. The van der Waals surface area contributed by atoms with Gasteiger partial charge in [-0.3, -0.25) is 9.59 Å². The molecule has 40 heavy (non-hydrogen) atoms. The number of ether oxygens (including phenoxy) is 2. The molecular weight excluding hydrogens is 583 g/mol. The Balaban J connectivity index is 1.85. The summed E-state index contributed by atoms with van der Waals surface area (Å²) >= 11 is 3.32. The molecule has 1 heterocycles. The van der Waals surface area contributed by atoms with Gasteiger partial charge in [0.1, 0.15) is 11.6 Å². The van der Waals surface area contributed by atoms with Crippen molar-refractivity contribution in [2.45, 2.75) is 26.2 Å². The second-order valence-electron chi connectivity index (χ2n) is 8.52. The van der Waals surface area contributed by atoms with Crippen LogP contribution in [0, 0.1) is 28.5 Å². The molecule has 0 radical (unpaired) electrons. The zero-order chi connectivity index (χ0) is 29.2. The molecule has 0 saturated carbocycles. The molecule has 3 rings (SSSR count). The normalized spacial score (nSPS) is 10.8. The zero-order valence-corrected chi connectivity index (χ0v) is 23.2. The van der Waals surface area contributed by atoms with E-state index < -0.39 is 17.8 Å². The third-order valence-corrected chi connectivity index (χ3v) is 6.32. The minimum Gasteiger partial charge on any atom is -0.481 e. The number of rotatable bonds is 11. The van der Waals surface area contributed by atoms with Crippen LogP contribution in [0.5, 0.6) is 11.5 Å². The summed E-state index contributed by atoms with van der Waals surface area (Å²) in [6.07, 6.45) is 2.99. The van der Waals surface area contributed by atoms with Crippen molar-refractivity contribution in [3.05, 3.63) is 87.3 Å². The van der Waals surface area contributed by atoms with Gasteiger partial charge in [0, 0.05) is 25.2 Å². The number of nitrogens with zero attached hydrogens (tertiary/aromatic N) is 4. The predicted molar refractivity (Wildman–Crippen MR) is 148 cm³/mol. The summed E-state index contributed by atoms with van der Waals surface area (Å²) in [6.45, 7) is 1.65. The highest BCUT2D eigenvalue weighted by Gasteiger charge is 2.19. The van der Waals surface area contributed by atoms with Crippen molar-refractivity contribution >= 4 is 39.3 Å². The van der Waals surface area contributed by atoms with Gasteiger partial charge in [0.2, 0.25) is 0 Å². The number of aliphatic carboxylic acids is 1. The molecule has 3 aromatic rings. The molecule has 1 aromatic heterocycles. The van der Waals surface area contributed by atoms with Gasteiger partial charge >= 0.3 is 11.9 Å². The second kappa shape index (κ2) is 13.9. The van der Waals surface area contributed by atoms with Crippen molar-refractivity contribution in [1.29, 1.82) is 10.5 Å². The molecule has 0 fully saturated rings. The Morgan fingerprint density at radius 3 is 2.48 bits per heavy atom. The molecule has 0 saturated heterocycles. The number of carbonyl (C=O) groups is 2. The molecule has 0 aliphatic heterocycles. The number of nitriles is 2. The topological polar surface area (TPSA) is 137 Å². The van der Waals surface area contributed by atoms with E-state index in [0.29, 0.717) is 21.4 Å². The monoisotopic (exact) mass is 606 g/mol. The van der Waals surface area contributed by atoms with Gasteiger partial charge in [0.25, 0.3) is 0 Å². The summed E-state index contributed by atoms with van der Waals surface area (Å²) in [5.74, 6) is -1.83. The van der Waals surface area contributed by atoms with E-state index in [2.05, 4.69) is 20.9 Å². The number of esters is 1. The van der Waals surface area contributed by atoms with Crippen molar-refractivity contribution in [2.75, 3.05) is 18.7 Å². The van der Waals surface area contributed by atoms with E-state index in [1.807, 2.05) is 31.2 Å². The van der Waals surface area contributed by atoms with Crippen LogP contribution in [0.4, 0.5) is 10.2 Å². The van der Waals surface area contributed by atoms with Crippen LogP contribution < -0.4 is 9.64 Å². The lowest BCUT2D eigenvalue weighted by molar-refractivity contribution is -0.147. The van der Waals surface area contributed by atoms with E-state index in [1.54, 1.807) is 36.3 Å². The third kappa shape index (κ3) is 7.65. The van der Waals surface area contributed by atoms with Gasteiger partial charge in [0.05, 0.1) is 40.6 Å². The van der Waals surface area contributed by atoms with Crippen LogP contribution in [0.1, 0.15) is 42.0 Å². The van der Waals surface area contributed by atoms with Gasteiger partial charge in [-0.2, -0.15) is 10.5 Å². The number of carbonyl (C=O) groups excluding carboxylic acids is 1. The van der Waals surface area contributed by atoms with E-state index in [-0.39, 0.29) is 48.6 Å². The van der Waals surface area contributed by atoms with Crippen LogP contribution in [0.15, 0.2) is 59.2 Å². The molecule has 204 valence electrons. The number of pyridine rings is 1. The van der Waals surface area contributed by atoms with E-state index >= 15 is 4.39 Å². The van der Waals surface area contributed by atoms with E-state index in [9.17, 15) is 20.1 Å². The minimum absolute atomic E-state index is 0.0938. The third-order valence-electron chi connectivity index (χ3n) is 5.70. The molecule has 0 bridgehead atoms. The predicted octanol–water partition coefficient (Wildman–Crippen LogP) is 5.97. The number of aromatic nitrogens is 1. The van der Waals surface area contributed by atoms with Gasteiger partial charge in [-0.05, 0) is 70.4 Å². The van der Waals surface area contributed by atoms with Gasteiger partial charge < -0.3 is 19.5 Å². The van der Waals surface area contributed by atoms with Crippen LogP contribution in [-0.2, 0) is 20.7 Å². The largest absolute Gasteiger partial charge is 0.481 e. The first-order valence-electron chi connectivity index (χ1n) is 12.0. The Bertz CT molecular complexity index is 1510. The number of carboxylic acids is 1. The lowest BCUT2D eigenvalue weighted by atomic mass is 9.97. The Morgan fingerprint density at radius 1 is 1.15 bits per heavy atom. The van der Waals surface area contributed by atoms with E-state index in [4.69, 9.17) is 14.6 Å². The molecule has 0 spiro atoms. The number of hydrogen-bond donors (Lipinski definition) is 1. The summed E-state index contributed by atoms with van der Waals surface area (Å²) in [4.78, 5) is 28.5. The fourth-order valence-electron chi connectivity index (χ4n) is 3.73. The van der Waals surface area contributed by atoms with Crippen LogP contribution >= 0.6 is 15.9 Å². The fraction of sp³-hybridized carbons (Fsp3) is 0.207. The van der Waals surface area contributed by atoms with Crippen LogP contribution in [0.3, 0.4) is 0 Å². The van der Waals surface area contributed by atoms with Gasteiger partial charge in [-0.15, -0.1) is 0 Å². The lowest BCUT2D eigenvalue weighted by Crippen LogP contribution is -2.25. The highest BCUT2D eigenvalue weighted by atomic mass is 79.9. The first-order valence-corrected chi connectivity index (χ1v) is 12.7. The van der Waals surface area contributed by atoms with Crippen LogP contribution in [-0.4, -0.2) is 35.8 Å². The lowest BCUT2D eigenvalue weighted by Gasteiger charge is -2.22. The van der Waals surface area contributed by atoms with Crippen molar-refractivity contribution in [3.8, 4) is 23.6 Å². The maximum atomic E-state index is 15.8. The standard InChI is InChI=1S/C29H24BrFN4O5/c1-3-20(23-5-4-10-34-29(23)35(2)17-39-26(38)9-8-25(36)37)14-21-6-7-24(30)28(27(21)31)40-22-12-18(15-32)11-19(13-22)16-33/h3-7,10-13H,8-9,14,17H2,1-2H3,(H,36,37). The van der Waals surface area contributed by atoms with E-state index in [0.717, 1.165) is 5.57 Å². The number of anilines is 1. The first kappa shape index (κ1) is 29.8. The number of carboxylic acid groups (broad SMARTS) is 1. The van der Waals surface area contributed by atoms with Crippen molar-refractivity contribution < 1.29 is 28.6 Å². The Morgan fingerprint density at radius 2 is 1.85 bits per heavy atom. The van der Waals surface area contributed by atoms with E-state index in [1.165, 1.54) is 18.2 Å². The Hall–Kier alpha value is -4.74. The first-order chi connectivity index (χ1) is 19.2. The summed E-state index contributed by atoms with van der Waals surface area (Å²) < 4.78 is 27.1. The molecule has 0 atom stereocenters. The zero-order valence-electron chi connectivity index (χ0n) is 21.6. The van der Waals surface area contributed by atoms with Crippen LogP contribution in [0.2, 0.25) is 0 Å². The summed E-state index contributed by atoms with van der Waals surface area (Å²) in [5.41, 5.74) is 2.15. The number of allylic oxidation sites excluding steroid dienone is 2. The molecule has 9 nitrogen and oxygen atoms in total. The molecule has 2 aromatic carbocycles. The molecule has 0 unspecified atom stereocenters. The van der Waals surface area contributed by atoms with Gasteiger partial charge in [-0.25, -0.2) is 9.37 Å². The Labute approximate surface area is 238 Å². The van der Waals surface area contributed by atoms with Gasteiger partial charge in [-0.1, -0.05) is 12.1 Å². The molecule has 11 heteroatoms. The minimum atomic E-state index is -1.09. The van der Waals surface area contributed by atoms with Gasteiger partial charge in [0.15, 0.2) is 18.3 Å². The summed E-state index contributed by atoms with van der Waals surface area (Å²) in [5, 5.41) is 27.2. The highest BCUT2D eigenvalue weighted by Crippen LogP contribution is 2.37. The second-order valence-corrected chi connectivity index (χ2v) is 9.38. The SMILES string of the molecule is CC=C(Cc1ccc(Br)c(Oc2cc(C#N)cc(C#N)c2)c1F)c1cccnc1N(C)COC(=O)CCC(=O)O. The van der Waals surface area contributed by atoms with Crippen molar-refractivity contribution in [3.63, 3.8) is 0 Å². The van der Waals surface area contributed by atoms with Crippen molar-refractivity contribution in [2.24, 2.45) is 0 Å². The summed E-state index contributed by atoms with van der Waals surface area (Å²) in [6, 6.07) is 15.0. The van der Waals surface area contributed by atoms with Crippen LogP contribution in [0.25, 0.3) is 5.57 Å². The number of halogens is 2. The summed E-state index contributed by atoms with van der Waals surface area (Å²) in [7, 11) is 1.67. The fourth-order valence-corrected chi connectivity index (χ4v) is 4.12. The number of benzene rings is 2. The molecule has 1 N–H and O–H groups in total. The molecule has 0 aliphatic rings. The average Bonchev–Trinajstić information content (AvgIpc) is 2.96. The molecule has 0 amide bonds. The quantitative estimate of drug-likeness (QED) is 0.207. The van der Waals surface area contributed by atoms with Crippen molar-refractivity contribution in [1.82, 2.24) is 4.98 Å². The average molecular weight is 607 g/mol. The maximum Gasteiger partial charge on any atom is 0.308 e. The number of hydrogen-bond acceptors (Lipinski definition) is 8. The molecular formula is C29H24BrFN4O5. The highest BCUT2D eigenvalue weighted by molar-refractivity contribution is 9.10.